The largest absolute Gasteiger partial charge is 0.497 e. The predicted octanol–water partition coefficient (Wildman–Crippen LogP) is 2.98. The van der Waals surface area contributed by atoms with E-state index in [0.29, 0.717) is 59.5 Å². The van der Waals surface area contributed by atoms with Crippen LogP contribution in [0.3, 0.4) is 0 Å². The van der Waals surface area contributed by atoms with Gasteiger partial charge in [0.1, 0.15) is 17.6 Å². The fourth-order valence-electron chi connectivity index (χ4n) is 3.68. The monoisotopic (exact) mass is 445 g/mol. The van der Waals surface area contributed by atoms with Crippen LogP contribution in [0.4, 0.5) is 11.6 Å². The first-order valence-corrected chi connectivity index (χ1v) is 10.4. The van der Waals surface area contributed by atoms with Gasteiger partial charge in [-0.3, -0.25) is 4.79 Å². The Hall–Kier alpha value is -4.16. The molecule has 2 aromatic carbocycles. The Kier molecular flexibility index (Phi) is 6.38. The number of aliphatic hydroxyl groups excluding tert-OH is 1. The van der Waals surface area contributed by atoms with E-state index in [4.69, 9.17) is 9.47 Å². The molecule has 1 amide bonds. The molecule has 9 heteroatoms. The van der Waals surface area contributed by atoms with Crippen molar-refractivity contribution in [3.63, 3.8) is 0 Å². The topological polar surface area (TPSA) is 121 Å². The van der Waals surface area contributed by atoms with Gasteiger partial charge in [0.05, 0.1) is 31.6 Å². The number of nitrogens with zero attached hydrogens (tertiary/aromatic N) is 4. The van der Waals surface area contributed by atoms with Gasteiger partial charge in [0, 0.05) is 42.2 Å². The molecular weight excluding hydrogens is 422 g/mol. The highest BCUT2D eigenvalue weighted by Crippen LogP contribution is 2.28. The number of likely N-dealkylation sites (tertiary alicyclic amines) is 1. The number of benzene rings is 2. The second kappa shape index (κ2) is 9.54. The molecule has 0 radical (unpaired) electrons. The Morgan fingerprint density at radius 1 is 1.21 bits per heavy atom. The molecule has 2 heterocycles. The number of amides is 1. The number of hydrogen-bond donors (Lipinski definition) is 2. The molecule has 2 N–H and O–H groups in total. The van der Waals surface area contributed by atoms with E-state index in [9.17, 15) is 15.2 Å². The van der Waals surface area contributed by atoms with Gasteiger partial charge in [0.15, 0.2) is 0 Å². The fourth-order valence-corrected chi connectivity index (χ4v) is 3.68. The van der Waals surface area contributed by atoms with Crippen LogP contribution in [0.1, 0.15) is 22.3 Å². The van der Waals surface area contributed by atoms with Crippen molar-refractivity contribution in [2.75, 3.05) is 32.6 Å². The molecular formula is C24H23N5O4. The quantitative estimate of drug-likeness (QED) is 0.594. The number of rotatable bonds is 6. The van der Waals surface area contributed by atoms with Crippen molar-refractivity contribution in [3.05, 3.63) is 59.8 Å². The molecule has 1 aromatic heterocycles. The second-order valence-electron chi connectivity index (χ2n) is 7.56. The van der Waals surface area contributed by atoms with E-state index < -0.39 is 6.10 Å². The highest BCUT2D eigenvalue weighted by atomic mass is 16.5. The Morgan fingerprint density at radius 3 is 2.76 bits per heavy atom. The summed E-state index contributed by atoms with van der Waals surface area (Å²) in [6, 6.07) is 14.2. The molecule has 168 valence electrons. The lowest BCUT2D eigenvalue weighted by atomic mass is 10.1. The lowest BCUT2D eigenvalue weighted by molar-refractivity contribution is 0.0764. The summed E-state index contributed by atoms with van der Waals surface area (Å²) in [6.45, 7) is 0.828. The third kappa shape index (κ3) is 4.86. The normalized spacial score (nSPS) is 15.1. The molecule has 33 heavy (non-hydrogen) atoms. The van der Waals surface area contributed by atoms with Crippen molar-refractivity contribution in [1.29, 1.82) is 5.26 Å². The first-order chi connectivity index (χ1) is 16.0. The average Bonchev–Trinajstić information content (AvgIpc) is 3.29. The smallest absolute Gasteiger partial charge is 0.254 e. The van der Waals surface area contributed by atoms with Crippen LogP contribution in [0.5, 0.6) is 11.5 Å². The Morgan fingerprint density at radius 2 is 2.06 bits per heavy atom. The number of ether oxygens (including phenoxy) is 2. The first-order valence-electron chi connectivity index (χ1n) is 10.4. The summed E-state index contributed by atoms with van der Waals surface area (Å²) in [5, 5.41) is 22.2. The van der Waals surface area contributed by atoms with Gasteiger partial charge in [-0.05, 0) is 42.8 Å². The zero-order chi connectivity index (χ0) is 23.4. The SMILES string of the molecule is COc1cc(Nc2nccc(-c3ccc(OC)c(C#N)c3)n2)cc(C(=O)N2CC[C@@H](O)C2)c1. The van der Waals surface area contributed by atoms with E-state index in [1.807, 2.05) is 6.07 Å². The Bertz CT molecular complexity index is 1220. The number of nitriles is 1. The van der Waals surface area contributed by atoms with Crippen LogP contribution in [0.25, 0.3) is 11.3 Å². The maximum Gasteiger partial charge on any atom is 0.254 e. The second-order valence-corrected chi connectivity index (χ2v) is 7.56. The zero-order valence-corrected chi connectivity index (χ0v) is 18.3. The Balaban J connectivity index is 1.61. The van der Waals surface area contributed by atoms with Crippen molar-refractivity contribution in [1.82, 2.24) is 14.9 Å². The van der Waals surface area contributed by atoms with E-state index in [2.05, 4.69) is 21.4 Å². The van der Waals surface area contributed by atoms with Gasteiger partial charge < -0.3 is 24.8 Å². The molecule has 9 nitrogen and oxygen atoms in total. The summed E-state index contributed by atoms with van der Waals surface area (Å²) < 4.78 is 10.6. The molecule has 0 bridgehead atoms. The Labute approximate surface area is 191 Å². The van der Waals surface area contributed by atoms with E-state index in [1.165, 1.54) is 14.2 Å². The molecule has 1 fully saturated rings. The van der Waals surface area contributed by atoms with Crippen LogP contribution in [-0.2, 0) is 0 Å². The maximum absolute atomic E-state index is 12.9. The minimum atomic E-state index is -0.493. The minimum absolute atomic E-state index is 0.176. The number of aliphatic hydroxyl groups is 1. The van der Waals surface area contributed by atoms with Crippen molar-refractivity contribution in [2.24, 2.45) is 0 Å². The molecule has 1 saturated heterocycles. The number of β-amino-alcohol motifs (C(OH)–C–C–N with tert-alkyl or cyclic N) is 1. The predicted molar refractivity (Wildman–Crippen MR) is 122 cm³/mol. The van der Waals surface area contributed by atoms with Crippen LogP contribution in [-0.4, -0.2) is 59.3 Å². The number of aromatic nitrogens is 2. The lowest BCUT2D eigenvalue weighted by Crippen LogP contribution is -2.29. The number of carbonyl (C=O) groups excluding carboxylic acids is 1. The van der Waals surface area contributed by atoms with Crippen LogP contribution in [0.15, 0.2) is 48.7 Å². The van der Waals surface area contributed by atoms with E-state index in [-0.39, 0.29) is 5.91 Å². The molecule has 4 rings (SSSR count). The van der Waals surface area contributed by atoms with Gasteiger partial charge in [-0.2, -0.15) is 5.26 Å². The molecule has 1 aliphatic heterocycles. The van der Waals surface area contributed by atoms with Gasteiger partial charge in [-0.15, -0.1) is 0 Å². The number of anilines is 2. The third-order valence-corrected chi connectivity index (χ3v) is 5.37. The fraction of sp³-hybridized carbons (Fsp3) is 0.250. The number of nitrogens with one attached hydrogen (secondary N) is 1. The number of hydrogen-bond acceptors (Lipinski definition) is 8. The zero-order valence-electron chi connectivity index (χ0n) is 18.3. The van der Waals surface area contributed by atoms with Gasteiger partial charge in [0.25, 0.3) is 5.91 Å². The van der Waals surface area contributed by atoms with Crippen LogP contribution in [0, 0.1) is 11.3 Å². The van der Waals surface area contributed by atoms with Gasteiger partial charge >= 0.3 is 0 Å². The van der Waals surface area contributed by atoms with Crippen LogP contribution in [0.2, 0.25) is 0 Å². The van der Waals surface area contributed by atoms with E-state index in [1.54, 1.807) is 47.5 Å². The minimum Gasteiger partial charge on any atom is -0.497 e. The third-order valence-electron chi connectivity index (χ3n) is 5.37. The molecule has 0 saturated carbocycles. The molecule has 1 aliphatic rings. The standard InChI is InChI=1S/C24H23N5O4/c1-32-20-11-16(23(31)29-8-6-19(30)14-29)10-18(12-20)27-24-26-7-5-21(28-24)15-3-4-22(33-2)17(9-15)13-25/h3-5,7,9-12,19,30H,6,8,14H2,1-2H3,(H,26,27,28)/t19-/m1/s1. The summed E-state index contributed by atoms with van der Waals surface area (Å²) in [5.41, 5.74) is 2.80. The molecule has 0 spiro atoms. The van der Waals surface area contributed by atoms with E-state index >= 15 is 0 Å². The highest BCUT2D eigenvalue weighted by Gasteiger charge is 2.26. The van der Waals surface area contributed by atoms with Gasteiger partial charge in [-0.1, -0.05) is 0 Å². The molecule has 1 atom stereocenters. The molecule has 3 aromatic rings. The summed E-state index contributed by atoms with van der Waals surface area (Å²) in [7, 11) is 3.04. The molecule has 0 aliphatic carbocycles. The summed E-state index contributed by atoms with van der Waals surface area (Å²) in [5.74, 6) is 1.15. The lowest BCUT2D eigenvalue weighted by Gasteiger charge is -2.17. The number of methoxy groups -OCH3 is 2. The van der Waals surface area contributed by atoms with Gasteiger partial charge in [-0.25, -0.2) is 9.97 Å². The maximum atomic E-state index is 12.9. The van der Waals surface area contributed by atoms with Crippen molar-refractivity contribution in [3.8, 4) is 28.8 Å². The van der Waals surface area contributed by atoms with Gasteiger partial charge in [0.2, 0.25) is 5.95 Å². The van der Waals surface area contributed by atoms with E-state index in [0.717, 1.165) is 5.56 Å². The summed E-state index contributed by atoms with van der Waals surface area (Å²) in [6.07, 6.45) is 1.69. The van der Waals surface area contributed by atoms with Crippen LogP contribution >= 0.6 is 0 Å². The summed E-state index contributed by atoms with van der Waals surface area (Å²) >= 11 is 0. The van der Waals surface area contributed by atoms with Crippen molar-refractivity contribution >= 4 is 17.5 Å². The first kappa shape index (κ1) is 22.0. The van der Waals surface area contributed by atoms with Crippen LogP contribution < -0.4 is 14.8 Å². The van der Waals surface area contributed by atoms with Crippen molar-refractivity contribution < 1.29 is 19.4 Å². The average molecular weight is 445 g/mol. The highest BCUT2D eigenvalue weighted by molar-refractivity contribution is 5.96. The number of carbonyl (C=O) groups is 1. The summed E-state index contributed by atoms with van der Waals surface area (Å²) in [4.78, 5) is 23.3. The van der Waals surface area contributed by atoms with Crippen molar-refractivity contribution in [2.45, 2.75) is 12.5 Å². The molecule has 0 unspecified atom stereocenters.